The van der Waals surface area contributed by atoms with Gasteiger partial charge in [0.05, 0.1) is 12.9 Å². The number of carbonyl (C=O) groups excluding carboxylic acids is 1. The average Bonchev–Trinajstić information content (AvgIpc) is 3.28. The molecule has 0 unspecified atom stereocenters. The Hall–Kier alpha value is -2.80. The van der Waals surface area contributed by atoms with E-state index in [1.165, 1.54) is 22.9 Å². The first-order chi connectivity index (χ1) is 13.2. The molecule has 0 spiro atoms. The summed E-state index contributed by atoms with van der Waals surface area (Å²) < 4.78 is 6.80. The van der Waals surface area contributed by atoms with Gasteiger partial charge in [0.2, 0.25) is 0 Å². The van der Waals surface area contributed by atoms with E-state index in [1.807, 2.05) is 12.1 Å². The number of Topliss-reactive ketones (excluding diaryl/α,β-unsaturated/α-hetero) is 1. The normalized spacial score (nSPS) is 13.5. The molecule has 0 radical (unpaired) electrons. The van der Waals surface area contributed by atoms with E-state index >= 15 is 0 Å². The Balaban J connectivity index is 1.48. The van der Waals surface area contributed by atoms with E-state index < -0.39 is 0 Å². The largest absolute Gasteiger partial charge is 0.497 e. The molecule has 3 aromatic rings. The number of fused-ring (bicyclic) bond motifs is 1. The van der Waals surface area contributed by atoms with Crippen molar-refractivity contribution >= 4 is 17.5 Å². The second-order valence-corrected chi connectivity index (χ2v) is 7.39. The summed E-state index contributed by atoms with van der Waals surface area (Å²) in [4.78, 5) is 24.7. The van der Waals surface area contributed by atoms with Gasteiger partial charge in [0.25, 0.3) is 0 Å². The van der Waals surface area contributed by atoms with Crippen molar-refractivity contribution in [3.05, 3.63) is 75.7 Å². The molecule has 0 bridgehead atoms. The highest BCUT2D eigenvalue weighted by atomic mass is 32.2. The third-order valence-corrected chi connectivity index (χ3v) is 5.76. The lowest BCUT2D eigenvalue weighted by molar-refractivity contribution is 0.102. The van der Waals surface area contributed by atoms with Crippen molar-refractivity contribution in [3.8, 4) is 5.75 Å². The molecule has 1 aromatic heterocycles. The third-order valence-electron chi connectivity index (χ3n) is 4.81. The van der Waals surface area contributed by atoms with E-state index in [0.717, 1.165) is 12.8 Å². The minimum atomic E-state index is -0.229. The Kier molecular flexibility index (Phi) is 4.85. The smallest absolute Gasteiger partial charge is 0.344 e. The van der Waals surface area contributed by atoms with E-state index in [2.05, 4.69) is 22.3 Å². The van der Waals surface area contributed by atoms with Crippen molar-refractivity contribution in [3.63, 3.8) is 0 Å². The first-order valence-corrected chi connectivity index (χ1v) is 9.68. The number of hydrogen-bond donors (Lipinski definition) is 1. The number of aromatic amines is 1. The highest BCUT2D eigenvalue weighted by Gasteiger charge is 2.26. The second-order valence-electron chi connectivity index (χ2n) is 6.45. The summed E-state index contributed by atoms with van der Waals surface area (Å²) in [5.74, 6) is 0.913. The number of hydrogen-bond acceptors (Lipinski definition) is 5. The molecule has 1 aliphatic rings. The summed E-state index contributed by atoms with van der Waals surface area (Å²) in [5.41, 5.74) is 2.91. The molecule has 1 aliphatic carbocycles. The van der Waals surface area contributed by atoms with Crippen LogP contribution in [0.2, 0.25) is 0 Å². The van der Waals surface area contributed by atoms with Crippen LogP contribution in [0.15, 0.2) is 58.5 Å². The highest BCUT2D eigenvalue weighted by Crippen LogP contribution is 2.31. The molecule has 0 fully saturated rings. The minimum absolute atomic E-state index is 0.0145. The molecule has 7 heteroatoms. The Morgan fingerprint density at radius 1 is 1.19 bits per heavy atom. The molecule has 0 atom stereocenters. The molecule has 1 N–H and O–H groups in total. The number of thioether (sulfide) groups is 1. The van der Waals surface area contributed by atoms with Crippen LogP contribution >= 0.6 is 11.8 Å². The second kappa shape index (κ2) is 7.44. The lowest BCUT2D eigenvalue weighted by Crippen LogP contribution is -2.23. The van der Waals surface area contributed by atoms with Crippen LogP contribution in [0.1, 0.15) is 27.5 Å². The molecule has 0 aliphatic heterocycles. The summed E-state index contributed by atoms with van der Waals surface area (Å²) >= 11 is 1.29. The molecular weight excluding hydrogens is 362 g/mol. The minimum Gasteiger partial charge on any atom is -0.497 e. The van der Waals surface area contributed by atoms with Gasteiger partial charge in [-0.3, -0.25) is 9.36 Å². The quantitative estimate of drug-likeness (QED) is 0.525. The third kappa shape index (κ3) is 3.55. The van der Waals surface area contributed by atoms with Crippen LogP contribution in [-0.2, 0) is 12.8 Å². The van der Waals surface area contributed by atoms with Crippen LogP contribution in [-0.4, -0.2) is 33.4 Å². The van der Waals surface area contributed by atoms with Gasteiger partial charge in [-0.1, -0.05) is 36.0 Å². The Morgan fingerprint density at radius 3 is 2.48 bits per heavy atom. The van der Waals surface area contributed by atoms with Crippen LogP contribution in [0.4, 0.5) is 0 Å². The van der Waals surface area contributed by atoms with Crippen molar-refractivity contribution in [1.29, 1.82) is 0 Å². The van der Waals surface area contributed by atoms with Crippen molar-refractivity contribution in [2.45, 2.75) is 24.0 Å². The molecule has 0 amide bonds. The van der Waals surface area contributed by atoms with Gasteiger partial charge in [-0.2, -0.15) is 0 Å². The lowest BCUT2D eigenvalue weighted by Gasteiger charge is -2.12. The van der Waals surface area contributed by atoms with Gasteiger partial charge < -0.3 is 4.74 Å². The number of H-pyrrole nitrogens is 1. The predicted octanol–water partition coefficient (Wildman–Crippen LogP) is 2.89. The Morgan fingerprint density at radius 2 is 1.85 bits per heavy atom. The molecule has 0 saturated heterocycles. The summed E-state index contributed by atoms with van der Waals surface area (Å²) in [6.07, 6.45) is 1.60. The van der Waals surface area contributed by atoms with Crippen LogP contribution in [0.3, 0.4) is 0 Å². The molecule has 0 saturated carbocycles. The standard InChI is InChI=1S/C20H19N3O3S/c1-26-17-8-6-13(7-9-17)18(24)12-27-20-22-21-19(25)23(20)16-10-14-4-2-3-5-15(14)11-16/h2-9,16H,10-12H2,1H3,(H,21,25). The summed E-state index contributed by atoms with van der Waals surface area (Å²) in [7, 11) is 1.59. The first-order valence-electron chi connectivity index (χ1n) is 8.69. The summed E-state index contributed by atoms with van der Waals surface area (Å²) in [6.45, 7) is 0. The van der Waals surface area contributed by atoms with Crippen LogP contribution in [0.25, 0.3) is 0 Å². The number of nitrogens with zero attached hydrogens (tertiary/aromatic N) is 2. The van der Waals surface area contributed by atoms with Gasteiger partial charge >= 0.3 is 5.69 Å². The number of rotatable bonds is 6. The number of benzene rings is 2. The van der Waals surface area contributed by atoms with Crippen LogP contribution in [0.5, 0.6) is 5.75 Å². The summed E-state index contributed by atoms with van der Waals surface area (Å²) in [5, 5.41) is 7.22. The van der Waals surface area contributed by atoms with Gasteiger partial charge in [-0.05, 0) is 48.2 Å². The van der Waals surface area contributed by atoms with Crippen molar-refractivity contribution in [2.75, 3.05) is 12.9 Å². The maximum atomic E-state index is 12.4. The van der Waals surface area contributed by atoms with Gasteiger partial charge in [-0.25, -0.2) is 9.89 Å². The fourth-order valence-corrected chi connectivity index (χ4v) is 4.33. The average molecular weight is 381 g/mol. The molecular formula is C20H19N3O3S. The number of ketones is 1. The van der Waals surface area contributed by atoms with Gasteiger partial charge in [0.15, 0.2) is 10.9 Å². The van der Waals surface area contributed by atoms with Gasteiger partial charge in [0, 0.05) is 11.6 Å². The maximum absolute atomic E-state index is 12.4. The molecule has 4 rings (SSSR count). The molecule has 2 aromatic carbocycles. The van der Waals surface area contributed by atoms with E-state index in [-0.39, 0.29) is 23.3 Å². The Bertz CT molecular complexity index is 998. The zero-order valence-electron chi connectivity index (χ0n) is 14.8. The van der Waals surface area contributed by atoms with E-state index in [4.69, 9.17) is 4.74 Å². The lowest BCUT2D eigenvalue weighted by atomic mass is 10.1. The van der Waals surface area contributed by atoms with Crippen molar-refractivity contribution < 1.29 is 9.53 Å². The fourth-order valence-electron chi connectivity index (χ4n) is 3.42. The van der Waals surface area contributed by atoms with Gasteiger partial charge in [0.1, 0.15) is 5.75 Å². The molecule has 138 valence electrons. The number of nitrogens with one attached hydrogen (secondary N) is 1. The van der Waals surface area contributed by atoms with Crippen LogP contribution in [0, 0.1) is 0 Å². The fraction of sp³-hybridized carbons (Fsp3) is 0.250. The van der Waals surface area contributed by atoms with E-state index in [1.54, 1.807) is 35.9 Å². The number of ether oxygens (including phenoxy) is 1. The maximum Gasteiger partial charge on any atom is 0.344 e. The molecule has 6 nitrogen and oxygen atoms in total. The number of methoxy groups -OCH3 is 1. The van der Waals surface area contributed by atoms with Gasteiger partial charge in [-0.15, -0.1) is 5.10 Å². The topological polar surface area (TPSA) is 77.0 Å². The van der Waals surface area contributed by atoms with Crippen LogP contribution < -0.4 is 10.4 Å². The predicted molar refractivity (Wildman–Crippen MR) is 104 cm³/mol. The first kappa shape index (κ1) is 17.6. The zero-order valence-corrected chi connectivity index (χ0v) is 15.7. The summed E-state index contributed by atoms with van der Waals surface area (Å²) in [6, 6.07) is 15.3. The number of carbonyl (C=O) groups is 1. The monoisotopic (exact) mass is 381 g/mol. The highest BCUT2D eigenvalue weighted by molar-refractivity contribution is 7.99. The van der Waals surface area contributed by atoms with Crippen molar-refractivity contribution in [2.24, 2.45) is 0 Å². The van der Waals surface area contributed by atoms with E-state index in [9.17, 15) is 9.59 Å². The van der Waals surface area contributed by atoms with Crippen molar-refractivity contribution in [1.82, 2.24) is 14.8 Å². The zero-order chi connectivity index (χ0) is 18.8. The molecule has 27 heavy (non-hydrogen) atoms. The number of aromatic nitrogens is 3. The van der Waals surface area contributed by atoms with E-state index in [0.29, 0.717) is 16.5 Å². The SMILES string of the molecule is COc1ccc(C(=O)CSc2n[nH]c(=O)n2C2Cc3ccccc3C2)cc1. The molecule has 1 heterocycles. The Labute approximate surface area is 160 Å².